The zero-order valence-electron chi connectivity index (χ0n) is 43.3. The average Bonchev–Trinajstić information content (AvgIpc) is 3.33. The molecule has 67 heavy (non-hydrogen) atoms. The molecule has 0 heterocycles. The van der Waals surface area contributed by atoms with E-state index in [1.165, 1.54) is 149 Å². The largest absolute Gasteiger partial charge is 0.407 e. The Morgan fingerprint density at radius 3 is 0.940 bits per heavy atom. The van der Waals surface area contributed by atoms with E-state index in [0.717, 1.165) is 32.3 Å². The fourth-order valence-electron chi connectivity index (χ4n) is 9.21. The van der Waals surface area contributed by atoms with Gasteiger partial charge < -0.3 is 9.53 Å². The van der Waals surface area contributed by atoms with Gasteiger partial charge in [0, 0.05) is 26.1 Å². The highest BCUT2D eigenvalue weighted by Crippen LogP contribution is 2.39. The molecule has 0 amide bonds. The lowest BCUT2D eigenvalue weighted by atomic mass is 10.1. The molecule has 0 aliphatic carbocycles. The number of hydrogen-bond donors (Lipinski definition) is 1. The van der Waals surface area contributed by atoms with E-state index in [0.29, 0.717) is 6.61 Å². The number of rotatable bonds is 30. The molecular formula is C62H93ClO2Si2. The summed E-state index contributed by atoms with van der Waals surface area (Å²) in [6.45, 7) is 15.0. The van der Waals surface area contributed by atoms with Gasteiger partial charge in [0.25, 0.3) is 8.32 Å². The monoisotopic (exact) mass is 961 g/mol. The van der Waals surface area contributed by atoms with Gasteiger partial charge in [-0.05, 0) is 56.5 Å². The second-order valence-electron chi connectivity index (χ2n) is 20.6. The number of aliphatic hydroxyl groups excluding tert-OH is 1. The third-order valence-corrected chi connectivity index (χ3v) is 25.4. The zero-order chi connectivity index (χ0) is 49.0. The first-order valence-corrected chi connectivity index (χ1v) is 31.3. The van der Waals surface area contributed by atoms with Crippen molar-refractivity contribution in [1.82, 2.24) is 0 Å². The minimum atomic E-state index is -2.36. The predicted octanol–water partition coefficient (Wildman–Crippen LogP) is 16.0. The molecule has 0 saturated carbocycles. The van der Waals surface area contributed by atoms with Crippen LogP contribution in [-0.4, -0.2) is 34.0 Å². The van der Waals surface area contributed by atoms with Crippen LogP contribution in [0.2, 0.25) is 10.1 Å². The van der Waals surface area contributed by atoms with Crippen LogP contribution in [0.5, 0.6) is 0 Å². The molecule has 4 aromatic carbocycles. The normalized spacial score (nSPS) is 11.7. The van der Waals surface area contributed by atoms with Crippen LogP contribution < -0.4 is 20.7 Å². The Bertz CT molecular complexity index is 1760. The lowest BCUT2D eigenvalue weighted by Gasteiger charge is -2.43. The number of halogens is 1. The first-order chi connectivity index (χ1) is 32.4. The van der Waals surface area contributed by atoms with Crippen LogP contribution in [-0.2, 0) is 4.43 Å². The predicted molar refractivity (Wildman–Crippen MR) is 303 cm³/mol. The summed E-state index contributed by atoms with van der Waals surface area (Å²) in [7, 11) is -4.59. The number of aliphatic hydroxyl groups is 1. The lowest BCUT2D eigenvalue weighted by Crippen LogP contribution is -2.66. The Labute approximate surface area is 419 Å². The van der Waals surface area contributed by atoms with Crippen LogP contribution in [0.4, 0.5) is 0 Å². The van der Waals surface area contributed by atoms with Gasteiger partial charge in [-0.2, -0.15) is 11.1 Å². The summed E-state index contributed by atoms with van der Waals surface area (Å²) in [4.78, 5) is 0. The third-order valence-electron chi connectivity index (χ3n) is 13.1. The maximum Gasteiger partial charge on any atom is 0.261 e. The van der Waals surface area contributed by atoms with Crippen LogP contribution in [0.15, 0.2) is 121 Å². The van der Waals surface area contributed by atoms with Gasteiger partial charge in [-0.1, -0.05) is 278 Å². The van der Waals surface area contributed by atoms with E-state index in [1.807, 2.05) is 12.1 Å². The number of hydrogen-bond acceptors (Lipinski definition) is 2. The average molecular weight is 962 g/mol. The summed E-state index contributed by atoms with van der Waals surface area (Å²) in [6.07, 6.45) is 41.1. The molecule has 0 saturated heterocycles. The van der Waals surface area contributed by atoms with Gasteiger partial charge in [-0.15, -0.1) is 24.7 Å². The van der Waals surface area contributed by atoms with Crippen molar-refractivity contribution in [2.24, 2.45) is 0 Å². The van der Waals surface area contributed by atoms with Crippen LogP contribution in [0.3, 0.4) is 0 Å². The Hall–Kier alpha value is -3.36. The highest BCUT2D eigenvalue weighted by atomic mass is 35.6. The SMILES string of the molecule is C#CCCCCCCCCCCCCCO.C#CCCCCCCCCCCCCCO[Si](c1ccccc1)(c1ccccc1)C(C)(C)C.CC(C)(C)[Si](Cl)(c1ccccc1)c1ccccc1. The summed E-state index contributed by atoms with van der Waals surface area (Å²) in [5.41, 5.74) is 0. The van der Waals surface area contributed by atoms with Crippen molar-refractivity contribution in [2.45, 2.75) is 206 Å². The summed E-state index contributed by atoms with van der Waals surface area (Å²) in [5, 5.41) is 14.1. The molecule has 0 aromatic heterocycles. The van der Waals surface area contributed by atoms with Gasteiger partial charge in [0.2, 0.25) is 7.38 Å². The van der Waals surface area contributed by atoms with E-state index in [1.54, 1.807) is 0 Å². The van der Waals surface area contributed by atoms with Crippen molar-refractivity contribution < 1.29 is 9.53 Å². The second-order valence-corrected chi connectivity index (χ2v) is 30.5. The van der Waals surface area contributed by atoms with Crippen molar-refractivity contribution in [3.63, 3.8) is 0 Å². The molecule has 0 spiro atoms. The maximum atomic E-state index is 8.62. The zero-order valence-corrected chi connectivity index (χ0v) is 46.1. The molecule has 0 aliphatic rings. The number of terminal acetylenes is 2. The molecule has 0 aliphatic heterocycles. The highest BCUT2D eigenvalue weighted by Gasteiger charge is 2.50. The minimum absolute atomic E-state index is 0.0660. The second kappa shape index (κ2) is 35.7. The highest BCUT2D eigenvalue weighted by molar-refractivity contribution is 7.35. The summed E-state index contributed by atoms with van der Waals surface area (Å²) < 4.78 is 6.99. The molecule has 4 aromatic rings. The molecule has 2 nitrogen and oxygen atoms in total. The first-order valence-electron chi connectivity index (χ1n) is 26.4. The lowest BCUT2D eigenvalue weighted by molar-refractivity contribution is 0.282. The fourth-order valence-corrected chi connectivity index (χ4v) is 17.9. The fraction of sp³-hybridized carbons (Fsp3) is 0.548. The van der Waals surface area contributed by atoms with Crippen LogP contribution in [0, 0.1) is 24.7 Å². The van der Waals surface area contributed by atoms with Crippen molar-refractivity contribution in [2.75, 3.05) is 13.2 Å². The summed E-state index contributed by atoms with van der Waals surface area (Å²) >= 11 is 7.21. The Morgan fingerprint density at radius 1 is 0.403 bits per heavy atom. The van der Waals surface area contributed by atoms with E-state index in [-0.39, 0.29) is 10.1 Å². The third kappa shape index (κ3) is 22.7. The Balaban J connectivity index is 0.000000381. The molecule has 0 bridgehead atoms. The maximum absolute atomic E-state index is 8.62. The van der Waals surface area contributed by atoms with Crippen molar-refractivity contribution in [1.29, 1.82) is 0 Å². The molecule has 0 radical (unpaired) electrons. The molecule has 4 rings (SSSR count). The van der Waals surface area contributed by atoms with Crippen molar-refractivity contribution in [3.05, 3.63) is 121 Å². The standard InChI is InChI=1S/C31H46OSi.C16H19ClSi.C15H28O/c1-5-6-7-8-9-10-11-12-13-14-15-16-23-28-32-33(31(2,3)4,29-24-19-17-20-25-29)30-26-21-18-22-27-30;1-16(2,3)18(17,14-10-6-4-7-11-14)15-12-8-5-9-13-15;1-2-3-4-5-6-7-8-9-10-11-12-13-14-15-16/h1,17-22,24-27H,6-16,23,28H2,2-4H3;4-13H,1-3H3;1,16H,3-15H2. The van der Waals surface area contributed by atoms with E-state index in [2.05, 4.69) is 163 Å². The molecule has 0 unspecified atom stereocenters. The Morgan fingerprint density at radius 2 is 0.672 bits per heavy atom. The molecule has 0 atom stereocenters. The van der Waals surface area contributed by atoms with Gasteiger partial charge in [0.05, 0.1) is 0 Å². The number of unbranched alkanes of at least 4 members (excludes halogenated alkanes) is 22. The minimum Gasteiger partial charge on any atom is -0.407 e. The first kappa shape index (κ1) is 59.8. The van der Waals surface area contributed by atoms with E-state index in [4.69, 9.17) is 33.5 Å². The van der Waals surface area contributed by atoms with Crippen LogP contribution in [0.1, 0.15) is 196 Å². The van der Waals surface area contributed by atoms with E-state index >= 15 is 0 Å². The van der Waals surface area contributed by atoms with Gasteiger partial charge in [0.1, 0.15) is 0 Å². The van der Waals surface area contributed by atoms with Gasteiger partial charge in [0.15, 0.2) is 0 Å². The van der Waals surface area contributed by atoms with E-state index < -0.39 is 15.7 Å². The molecular weight excluding hydrogens is 868 g/mol. The van der Waals surface area contributed by atoms with Gasteiger partial charge >= 0.3 is 0 Å². The van der Waals surface area contributed by atoms with Crippen molar-refractivity contribution in [3.8, 4) is 24.7 Å². The topological polar surface area (TPSA) is 29.5 Å². The van der Waals surface area contributed by atoms with Gasteiger partial charge in [-0.25, -0.2) is 0 Å². The quantitative estimate of drug-likeness (QED) is 0.0244. The summed E-state index contributed by atoms with van der Waals surface area (Å²) in [6, 6.07) is 43.0. The molecule has 1 N–H and O–H groups in total. The van der Waals surface area contributed by atoms with E-state index in [9.17, 15) is 0 Å². The molecule has 368 valence electrons. The van der Waals surface area contributed by atoms with Crippen LogP contribution >= 0.6 is 11.1 Å². The summed E-state index contributed by atoms with van der Waals surface area (Å²) in [5.74, 6) is 5.42. The Kier molecular flexibility index (Phi) is 31.9. The molecule has 0 fully saturated rings. The van der Waals surface area contributed by atoms with Crippen LogP contribution in [0.25, 0.3) is 0 Å². The smallest absolute Gasteiger partial charge is 0.261 e. The molecule has 5 heteroatoms. The van der Waals surface area contributed by atoms with Crippen molar-refractivity contribution >= 4 is 47.5 Å². The van der Waals surface area contributed by atoms with Gasteiger partial charge in [-0.3, -0.25) is 0 Å². The number of benzene rings is 4.